The largest absolute Gasteiger partial charge is 0.673 e. The van der Waals surface area contributed by atoms with Gasteiger partial charge >= 0.3 is 12.9 Å². The van der Waals surface area contributed by atoms with E-state index in [0.29, 0.717) is 5.69 Å². The molecule has 0 aliphatic heterocycles. The Morgan fingerprint density at radius 2 is 1.75 bits per heavy atom. The number of rotatable bonds is 1. The minimum atomic E-state index is -6.00. The van der Waals surface area contributed by atoms with E-state index in [1.807, 2.05) is 37.4 Å². The molecule has 0 amide bonds. The Bertz CT molecular complexity index is 366. The zero-order valence-electron chi connectivity index (χ0n) is 8.74. The van der Waals surface area contributed by atoms with Crippen molar-refractivity contribution in [2.24, 2.45) is 0 Å². The summed E-state index contributed by atoms with van der Waals surface area (Å²) < 4.78 is 40.8. The van der Waals surface area contributed by atoms with Gasteiger partial charge in [0.15, 0.2) is 6.07 Å². The molecule has 0 aromatic carbocycles. The quantitative estimate of drug-likeness (QED) is 0.417. The highest BCUT2D eigenvalue weighted by Crippen LogP contribution is 2.06. The molecule has 0 spiro atoms. The van der Waals surface area contributed by atoms with E-state index in [1.165, 1.54) is 0 Å². The van der Waals surface area contributed by atoms with E-state index in [9.17, 15) is 17.3 Å². The van der Waals surface area contributed by atoms with Gasteiger partial charge in [0.1, 0.15) is 0 Å². The second kappa shape index (κ2) is 5.95. The van der Waals surface area contributed by atoms with E-state index in [-0.39, 0.29) is 0 Å². The van der Waals surface area contributed by atoms with E-state index in [2.05, 4.69) is 6.07 Å². The Hall–Kier alpha value is -1.78. The van der Waals surface area contributed by atoms with Crippen molar-refractivity contribution in [2.45, 2.75) is 0 Å². The second-order valence-electron chi connectivity index (χ2n) is 2.88. The zero-order chi connectivity index (χ0) is 12.8. The van der Waals surface area contributed by atoms with Crippen LogP contribution in [-0.4, -0.2) is 21.3 Å². The van der Waals surface area contributed by atoms with Crippen LogP contribution in [0.25, 0.3) is 0 Å². The Morgan fingerprint density at radius 3 is 2.06 bits per heavy atom. The molecule has 16 heavy (non-hydrogen) atoms. The fourth-order valence-electron chi connectivity index (χ4n) is 0.872. The van der Waals surface area contributed by atoms with Crippen molar-refractivity contribution in [1.82, 2.24) is 0 Å². The molecule has 88 valence electrons. The molecule has 0 saturated heterocycles. The van der Waals surface area contributed by atoms with Gasteiger partial charge in [-0.05, 0) is 6.07 Å². The normalized spacial score (nSPS) is 9.81. The molecule has 0 radical (unpaired) electrons. The first-order chi connectivity index (χ1) is 7.25. The van der Waals surface area contributed by atoms with Gasteiger partial charge in [-0.3, -0.25) is 0 Å². The Morgan fingerprint density at radius 1 is 1.25 bits per heavy atom. The topological polar surface area (TPSA) is 30.9 Å². The number of hydrogen-bond acceptors (Lipinski definition) is 2. The molecule has 1 aromatic heterocycles. The summed E-state index contributed by atoms with van der Waals surface area (Å²) in [5.41, 5.74) is 0.637. The lowest BCUT2D eigenvalue weighted by Crippen LogP contribution is -2.54. The van der Waals surface area contributed by atoms with Gasteiger partial charge < -0.3 is 17.3 Å². The number of nitriles is 1. The van der Waals surface area contributed by atoms with Crippen molar-refractivity contribution in [3.63, 3.8) is 0 Å². The SMILES string of the molecule is CN(C)[n+]1ccccc1C#N.F[B-](F)(F)F. The predicted molar refractivity (Wildman–Crippen MR) is 51.6 cm³/mol. The summed E-state index contributed by atoms with van der Waals surface area (Å²) >= 11 is 0. The number of pyridine rings is 1. The van der Waals surface area contributed by atoms with Crippen LogP contribution in [0.4, 0.5) is 17.3 Å². The van der Waals surface area contributed by atoms with Crippen LogP contribution in [0.15, 0.2) is 24.4 Å². The number of hydrogen-bond donors (Lipinski definition) is 0. The average molecular weight is 235 g/mol. The minimum Gasteiger partial charge on any atom is -0.418 e. The van der Waals surface area contributed by atoms with Crippen LogP contribution in [0.1, 0.15) is 5.69 Å². The molecule has 1 aromatic rings. The van der Waals surface area contributed by atoms with Gasteiger partial charge in [-0.15, -0.1) is 0 Å². The molecular weight excluding hydrogens is 225 g/mol. The summed E-state index contributed by atoms with van der Waals surface area (Å²) in [7, 11) is -2.22. The molecule has 0 N–H and O–H groups in total. The molecule has 0 saturated carbocycles. The number of halogens is 4. The van der Waals surface area contributed by atoms with Crippen molar-refractivity contribution < 1.29 is 21.9 Å². The monoisotopic (exact) mass is 235 g/mol. The molecule has 0 bridgehead atoms. The maximum absolute atomic E-state index is 9.75. The third kappa shape index (κ3) is 6.65. The maximum atomic E-state index is 9.75. The van der Waals surface area contributed by atoms with Crippen molar-refractivity contribution in [3.05, 3.63) is 30.1 Å². The van der Waals surface area contributed by atoms with Gasteiger partial charge in [-0.25, -0.2) is 0 Å². The van der Waals surface area contributed by atoms with Gasteiger partial charge in [0.05, 0.1) is 14.1 Å². The zero-order valence-corrected chi connectivity index (χ0v) is 8.74. The average Bonchev–Trinajstić information content (AvgIpc) is 2.15. The molecule has 0 aliphatic carbocycles. The molecule has 3 nitrogen and oxygen atoms in total. The molecule has 1 rings (SSSR count). The van der Waals surface area contributed by atoms with Gasteiger partial charge in [-0.2, -0.15) is 10.3 Å². The van der Waals surface area contributed by atoms with E-state index in [4.69, 9.17) is 5.26 Å². The highest BCUT2D eigenvalue weighted by molar-refractivity contribution is 6.50. The summed E-state index contributed by atoms with van der Waals surface area (Å²) in [6.45, 7) is 0. The highest BCUT2D eigenvalue weighted by Gasteiger charge is 2.20. The molecule has 0 unspecified atom stereocenters. The Balaban J connectivity index is 0.000000385. The summed E-state index contributed by atoms with van der Waals surface area (Å²) in [4.78, 5) is 0. The van der Waals surface area contributed by atoms with Gasteiger partial charge in [0.25, 0.3) is 0 Å². The lowest BCUT2D eigenvalue weighted by atomic mass is 10.3. The first kappa shape index (κ1) is 14.2. The summed E-state index contributed by atoms with van der Waals surface area (Å²) in [5, 5.41) is 10.5. The van der Waals surface area contributed by atoms with Gasteiger partial charge in [-0.1, -0.05) is 4.68 Å². The standard InChI is InChI=1S/C8H10N3.BF4/c1-10(2)11-6-4-3-5-8(11)7-9;2-1(3,4)5/h3-6H,1-2H3;/q+1;-1. The van der Waals surface area contributed by atoms with Crippen LogP contribution in [-0.2, 0) is 0 Å². The van der Waals surface area contributed by atoms with E-state index < -0.39 is 7.25 Å². The third-order valence-corrected chi connectivity index (χ3v) is 1.38. The summed E-state index contributed by atoms with van der Waals surface area (Å²) in [6.07, 6.45) is 1.85. The first-order valence-corrected chi connectivity index (χ1v) is 4.21. The number of nitrogens with zero attached hydrogens (tertiary/aromatic N) is 3. The fraction of sp³-hybridized carbons (Fsp3) is 0.250. The molecule has 1 heterocycles. The lowest BCUT2D eigenvalue weighted by molar-refractivity contribution is -0.689. The smallest absolute Gasteiger partial charge is 0.418 e. The second-order valence-corrected chi connectivity index (χ2v) is 2.88. The first-order valence-electron chi connectivity index (χ1n) is 4.21. The Kier molecular flexibility index (Phi) is 5.29. The maximum Gasteiger partial charge on any atom is 0.673 e. The van der Waals surface area contributed by atoms with Crippen molar-refractivity contribution in [3.8, 4) is 6.07 Å². The van der Waals surface area contributed by atoms with Gasteiger partial charge in [0.2, 0.25) is 6.20 Å². The third-order valence-electron chi connectivity index (χ3n) is 1.38. The van der Waals surface area contributed by atoms with Gasteiger partial charge in [0, 0.05) is 12.1 Å². The van der Waals surface area contributed by atoms with Crippen molar-refractivity contribution in [1.29, 1.82) is 5.26 Å². The molecule has 0 atom stereocenters. The Labute approximate surface area is 90.6 Å². The van der Waals surface area contributed by atoms with Crippen LogP contribution in [0.3, 0.4) is 0 Å². The molecule has 0 aliphatic rings. The van der Waals surface area contributed by atoms with Crippen molar-refractivity contribution in [2.75, 3.05) is 19.1 Å². The minimum absolute atomic E-state index is 0.637. The predicted octanol–water partition coefficient (Wildman–Crippen LogP) is 1.34. The van der Waals surface area contributed by atoms with E-state index in [1.54, 1.807) is 10.7 Å². The molecular formula is C8H10BF4N3. The van der Waals surface area contributed by atoms with Crippen LogP contribution in [0.5, 0.6) is 0 Å². The van der Waals surface area contributed by atoms with Crippen LogP contribution in [0, 0.1) is 11.3 Å². The molecule has 8 heteroatoms. The van der Waals surface area contributed by atoms with E-state index in [0.717, 1.165) is 0 Å². The number of aromatic nitrogens is 1. The van der Waals surface area contributed by atoms with Crippen molar-refractivity contribution >= 4 is 7.25 Å². The lowest BCUT2D eigenvalue weighted by Gasteiger charge is -2.04. The van der Waals surface area contributed by atoms with Crippen LogP contribution < -0.4 is 9.69 Å². The summed E-state index contributed by atoms with van der Waals surface area (Å²) in [5.74, 6) is 0. The summed E-state index contributed by atoms with van der Waals surface area (Å²) in [6, 6.07) is 7.61. The van der Waals surface area contributed by atoms with Crippen LogP contribution in [0.2, 0.25) is 0 Å². The van der Waals surface area contributed by atoms with E-state index >= 15 is 0 Å². The fourth-order valence-corrected chi connectivity index (χ4v) is 0.872. The molecule has 0 fully saturated rings. The highest BCUT2D eigenvalue weighted by atomic mass is 19.5. The van der Waals surface area contributed by atoms with Crippen LogP contribution >= 0.6 is 0 Å².